The minimum atomic E-state index is 0.247. The van der Waals surface area contributed by atoms with Gasteiger partial charge in [0.1, 0.15) is 4.34 Å². The van der Waals surface area contributed by atoms with Crippen molar-refractivity contribution in [1.82, 2.24) is 4.90 Å². The van der Waals surface area contributed by atoms with Gasteiger partial charge in [-0.3, -0.25) is 4.90 Å². The van der Waals surface area contributed by atoms with Crippen LogP contribution in [0.3, 0.4) is 0 Å². The third-order valence-corrected chi connectivity index (χ3v) is 6.20. The van der Waals surface area contributed by atoms with Crippen LogP contribution in [0, 0.1) is 0 Å². The quantitative estimate of drug-likeness (QED) is 0.807. The summed E-state index contributed by atoms with van der Waals surface area (Å²) in [7, 11) is 0. The maximum Gasteiger partial charge on any atom is 0.107 e. The van der Waals surface area contributed by atoms with Crippen LogP contribution in [0.4, 0.5) is 0 Å². The molecule has 1 aromatic rings. The zero-order valence-corrected chi connectivity index (χ0v) is 14.9. The van der Waals surface area contributed by atoms with Crippen molar-refractivity contribution in [2.75, 3.05) is 26.2 Å². The Balaban J connectivity index is 2.03. The number of nitrogens with zero attached hydrogens (tertiary/aromatic N) is 1. The lowest BCUT2D eigenvalue weighted by molar-refractivity contribution is -0.0114. The molecule has 0 aliphatic carbocycles. The van der Waals surface area contributed by atoms with Crippen LogP contribution in [0.1, 0.15) is 37.1 Å². The summed E-state index contributed by atoms with van der Waals surface area (Å²) in [6.07, 6.45) is 3.75. The molecule has 2 rings (SSSR count). The van der Waals surface area contributed by atoms with Gasteiger partial charge in [-0.25, -0.2) is 0 Å². The number of nitrogens with two attached hydrogens (primary N) is 1. The van der Waals surface area contributed by atoms with E-state index in [-0.39, 0.29) is 6.04 Å². The van der Waals surface area contributed by atoms with E-state index < -0.39 is 0 Å². The third kappa shape index (κ3) is 4.18. The predicted molar refractivity (Wildman–Crippen MR) is 89.7 cm³/mol. The van der Waals surface area contributed by atoms with Gasteiger partial charge in [0.05, 0.1) is 12.1 Å². The first-order valence-electron chi connectivity index (χ1n) is 7.16. The van der Waals surface area contributed by atoms with Crippen LogP contribution in [0.2, 0.25) is 4.34 Å². The number of rotatable bonds is 6. The molecule has 1 fully saturated rings. The molecule has 1 aromatic heterocycles. The van der Waals surface area contributed by atoms with Gasteiger partial charge in [-0.2, -0.15) is 0 Å². The standard InChI is InChI=1S/C14H22BrClN2OS/c1-2-6-19-10-4-3-5-18(9-10)12(8-17)13-7-11(15)14(16)20-13/h7,10,12H,2-6,8-9,17H2,1H3. The molecule has 3 nitrogen and oxygen atoms in total. The number of likely N-dealkylation sites (tertiary alicyclic amines) is 1. The minimum Gasteiger partial charge on any atom is -0.377 e. The Morgan fingerprint density at radius 1 is 1.65 bits per heavy atom. The molecule has 20 heavy (non-hydrogen) atoms. The third-order valence-electron chi connectivity index (χ3n) is 3.62. The summed E-state index contributed by atoms with van der Waals surface area (Å²) in [6, 6.07) is 2.35. The van der Waals surface area contributed by atoms with Crippen LogP contribution in [-0.2, 0) is 4.74 Å². The number of halogens is 2. The zero-order chi connectivity index (χ0) is 14.5. The van der Waals surface area contributed by atoms with E-state index in [2.05, 4.69) is 33.8 Å². The Kier molecular flexibility index (Phi) is 6.78. The van der Waals surface area contributed by atoms with Crippen LogP contribution < -0.4 is 5.73 Å². The molecular formula is C14H22BrClN2OS. The topological polar surface area (TPSA) is 38.5 Å². The van der Waals surface area contributed by atoms with E-state index in [1.165, 1.54) is 11.3 Å². The highest BCUT2D eigenvalue weighted by Crippen LogP contribution is 2.37. The average molecular weight is 382 g/mol. The second kappa shape index (κ2) is 8.11. The second-order valence-corrected chi connectivity index (χ2v) is 7.69. The number of thiophene rings is 1. The van der Waals surface area contributed by atoms with Crippen molar-refractivity contribution in [2.45, 2.75) is 38.3 Å². The van der Waals surface area contributed by atoms with E-state index in [0.29, 0.717) is 12.6 Å². The van der Waals surface area contributed by atoms with Gasteiger partial charge >= 0.3 is 0 Å². The van der Waals surface area contributed by atoms with Crippen LogP contribution in [0.15, 0.2) is 10.5 Å². The highest BCUT2D eigenvalue weighted by molar-refractivity contribution is 9.10. The molecule has 114 valence electrons. The molecule has 2 heterocycles. The van der Waals surface area contributed by atoms with Crippen molar-refractivity contribution in [2.24, 2.45) is 5.73 Å². The maximum absolute atomic E-state index is 6.15. The minimum absolute atomic E-state index is 0.247. The van der Waals surface area contributed by atoms with E-state index in [1.807, 2.05) is 0 Å². The van der Waals surface area contributed by atoms with Crippen molar-refractivity contribution in [3.63, 3.8) is 0 Å². The molecule has 0 radical (unpaired) electrons. The first-order chi connectivity index (χ1) is 9.65. The number of ether oxygens (including phenoxy) is 1. The number of piperidine rings is 1. The summed E-state index contributed by atoms with van der Waals surface area (Å²) in [6.45, 7) is 5.66. The summed E-state index contributed by atoms with van der Waals surface area (Å²) in [5.41, 5.74) is 6.01. The van der Waals surface area contributed by atoms with E-state index in [0.717, 1.165) is 41.3 Å². The molecule has 6 heteroatoms. The van der Waals surface area contributed by atoms with Gasteiger partial charge in [-0.05, 0) is 47.8 Å². The molecule has 0 spiro atoms. The normalized spacial score (nSPS) is 22.1. The Morgan fingerprint density at radius 3 is 3.05 bits per heavy atom. The number of hydrogen-bond acceptors (Lipinski definition) is 4. The maximum atomic E-state index is 6.15. The fraction of sp³-hybridized carbons (Fsp3) is 0.714. The fourth-order valence-electron chi connectivity index (χ4n) is 2.64. The molecule has 1 aliphatic heterocycles. The van der Waals surface area contributed by atoms with Crippen molar-refractivity contribution >= 4 is 38.9 Å². The summed E-state index contributed by atoms with van der Waals surface area (Å²) >= 11 is 11.2. The van der Waals surface area contributed by atoms with Crippen molar-refractivity contribution in [1.29, 1.82) is 0 Å². The zero-order valence-electron chi connectivity index (χ0n) is 11.8. The molecule has 2 atom stereocenters. The summed E-state index contributed by atoms with van der Waals surface area (Å²) in [4.78, 5) is 3.68. The number of hydrogen-bond donors (Lipinski definition) is 1. The SMILES string of the molecule is CCCOC1CCCN(C(CN)c2cc(Br)c(Cl)s2)C1. The fourth-order valence-corrected chi connectivity index (χ4v) is 4.53. The van der Waals surface area contributed by atoms with E-state index in [1.54, 1.807) is 11.3 Å². The summed E-state index contributed by atoms with van der Waals surface area (Å²) in [5.74, 6) is 0. The molecule has 0 amide bonds. The van der Waals surface area contributed by atoms with E-state index >= 15 is 0 Å². The lowest BCUT2D eigenvalue weighted by Crippen LogP contribution is -2.43. The Hall–Kier alpha value is 0.350. The summed E-state index contributed by atoms with van der Waals surface area (Å²) < 4.78 is 7.67. The second-order valence-electron chi connectivity index (χ2n) is 5.15. The largest absolute Gasteiger partial charge is 0.377 e. The van der Waals surface area contributed by atoms with Crippen LogP contribution in [0.5, 0.6) is 0 Å². The highest BCUT2D eigenvalue weighted by Gasteiger charge is 2.27. The van der Waals surface area contributed by atoms with Gasteiger partial charge in [-0.15, -0.1) is 11.3 Å². The lowest BCUT2D eigenvalue weighted by Gasteiger charge is -2.37. The molecule has 0 aromatic carbocycles. The first kappa shape index (κ1) is 16.7. The Morgan fingerprint density at radius 2 is 2.45 bits per heavy atom. The van der Waals surface area contributed by atoms with Crippen LogP contribution >= 0.6 is 38.9 Å². The predicted octanol–water partition coefficient (Wildman–Crippen LogP) is 4.05. The summed E-state index contributed by atoms with van der Waals surface area (Å²) in [5, 5.41) is 0. The lowest BCUT2D eigenvalue weighted by atomic mass is 10.0. The molecule has 1 saturated heterocycles. The van der Waals surface area contributed by atoms with Crippen LogP contribution in [-0.4, -0.2) is 37.2 Å². The van der Waals surface area contributed by atoms with Gasteiger partial charge in [0.15, 0.2) is 0 Å². The smallest absolute Gasteiger partial charge is 0.107 e. The average Bonchev–Trinajstić information content (AvgIpc) is 2.77. The van der Waals surface area contributed by atoms with Crippen molar-refractivity contribution in [3.8, 4) is 0 Å². The van der Waals surface area contributed by atoms with Crippen LogP contribution in [0.25, 0.3) is 0 Å². The van der Waals surface area contributed by atoms with Crippen molar-refractivity contribution in [3.05, 3.63) is 19.8 Å². The molecule has 2 N–H and O–H groups in total. The molecule has 0 bridgehead atoms. The van der Waals surface area contributed by atoms with Gasteiger partial charge in [0.2, 0.25) is 0 Å². The van der Waals surface area contributed by atoms with Gasteiger partial charge < -0.3 is 10.5 Å². The molecule has 2 unspecified atom stereocenters. The molecular weight excluding hydrogens is 360 g/mol. The first-order valence-corrected chi connectivity index (χ1v) is 9.14. The van der Waals surface area contributed by atoms with E-state index in [9.17, 15) is 0 Å². The van der Waals surface area contributed by atoms with Gasteiger partial charge in [-0.1, -0.05) is 18.5 Å². The van der Waals surface area contributed by atoms with Gasteiger partial charge in [0, 0.05) is 29.0 Å². The van der Waals surface area contributed by atoms with Crippen molar-refractivity contribution < 1.29 is 4.74 Å². The van der Waals surface area contributed by atoms with Gasteiger partial charge in [0.25, 0.3) is 0 Å². The highest BCUT2D eigenvalue weighted by atomic mass is 79.9. The Labute approximate surface area is 138 Å². The molecule has 1 aliphatic rings. The molecule has 0 saturated carbocycles. The Bertz CT molecular complexity index is 410. The monoisotopic (exact) mass is 380 g/mol. The van der Waals surface area contributed by atoms with E-state index in [4.69, 9.17) is 22.1 Å².